The minimum atomic E-state index is -0.223. The van der Waals surface area contributed by atoms with Gasteiger partial charge in [0.15, 0.2) is 6.61 Å². The average molecular weight is 341 g/mol. The maximum atomic E-state index is 12.0. The van der Waals surface area contributed by atoms with E-state index >= 15 is 0 Å². The SMILES string of the molecule is O=C(COc1ccc(Cl)cc1)N1CC(N2C(=O)CSC2=O)C1. The van der Waals surface area contributed by atoms with Crippen LogP contribution in [0.2, 0.25) is 5.02 Å². The Hall–Kier alpha value is -1.73. The number of thioether (sulfide) groups is 1. The summed E-state index contributed by atoms with van der Waals surface area (Å²) in [7, 11) is 0. The van der Waals surface area contributed by atoms with Gasteiger partial charge in [-0.3, -0.25) is 19.3 Å². The fourth-order valence-electron chi connectivity index (χ4n) is 2.31. The van der Waals surface area contributed by atoms with E-state index in [0.717, 1.165) is 11.8 Å². The molecule has 2 heterocycles. The van der Waals surface area contributed by atoms with Crippen molar-refractivity contribution < 1.29 is 19.1 Å². The van der Waals surface area contributed by atoms with E-state index in [1.165, 1.54) is 4.90 Å². The van der Waals surface area contributed by atoms with Crippen LogP contribution in [0.1, 0.15) is 0 Å². The Balaban J connectivity index is 1.46. The smallest absolute Gasteiger partial charge is 0.289 e. The van der Waals surface area contributed by atoms with E-state index in [0.29, 0.717) is 23.9 Å². The number of carbonyl (C=O) groups excluding carboxylic acids is 3. The molecule has 22 heavy (non-hydrogen) atoms. The number of halogens is 1. The van der Waals surface area contributed by atoms with E-state index in [4.69, 9.17) is 16.3 Å². The number of amides is 3. The molecule has 0 radical (unpaired) electrons. The first-order valence-electron chi connectivity index (χ1n) is 6.69. The number of rotatable bonds is 4. The molecule has 3 rings (SSSR count). The van der Waals surface area contributed by atoms with Gasteiger partial charge in [0.25, 0.3) is 11.1 Å². The predicted octanol–water partition coefficient (Wildman–Crippen LogP) is 1.62. The van der Waals surface area contributed by atoms with Crippen LogP contribution in [0.3, 0.4) is 0 Å². The Labute approximate surface area is 136 Å². The van der Waals surface area contributed by atoms with Crippen LogP contribution < -0.4 is 4.74 Å². The molecule has 0 saturated carbocycles. The maximum Gasteiger partial charge on any atom is 0.289 e. The van der Waals surface area contributed by atoms with Gasteiger partial charge >= 0.3 is 0 Å². The lowest BCUT2D eigenvalue weighted by atomic mass is 10.1. The number of nitrogens with zero attached hydrogens (tertiary/aromatic N) is 2. The quantitative estimate of drug-likeness (QED) is 0.833. The van der Waals surface area contributed by atoms with Crippen LogP contribution in [0.25, 0.3) is 0 Å². The van der Waals surface area contributed by atoms with Crippen LogP contribution in [0.4, 0.5) is 4.79 Å². The zero-order valence-corrected chi connectivity index (χ0v) is 13.1. The van der Waals surface area contributed by atoms with Crippen LogP contribution in [-0.4, -0.2) is 58.3 Å². The topological polar surface area (TPSA) is 66.9 Å². The number of hydrogen-bond donors (Lipinski definition) is 0. The van der Waals surface area contributed by atoms with Crippen LogP contribution in [0.5, 0.6) is 5.75 Å². The second-order valence-corrected chi connectivity index (χ2v) is 6.38. The van der Waals surface area contributed by atoms with Crippen molar-refractivity contribution in [1.82, 2.24) is 9.80 Å². The molecule has 0 aromatic heterocycles. The highest BCUT2D eigenvalue weighted by molar-refractivity contribution is 8.14. The Kier molecular flexibility index (Phi) is 4.26. The highest BCUT2D eigenvalue weighted by atomic mass is 35.5. The van der Waals surface area contributed by atoms with Crippen LogP contribution >= 0.6 is 23.4 Å². The molecule has 116 valence electrons. The molecule has 0 bridgehead atoms. The zero-order valence-electron chi connectivity index (χ0n) is 11.5. The molecular formula is C14H13ClN2O4S. The van der Waals surface area contributed by atoms with Crippen molar-refractivity contribution in [2.75, 3.05) is 25.4 Å². The van der Waals surface area contributed by atoms with E-state index in [9.17, 15) is 14.4 Å². The normalized spacial score (nSPS) is 18.6. The summed E-state index contributed by atoms with van der Waals surface area (Å²) in [5.74, 6) is 0.418. The largest absolute Gasteiger partial charge is 0.484 e. The van der Waals surface area contributed by atoms with Crippen LogP contribution in [-0.2, 0) is 9.59 Å². The Bertz CT molecular complexity index is 600. The van der Waals surface area contributed by atoms with Gasteiger partial charge in [-0.1, -0.05) is 23.4 Å². The first-order valence-corrected chi connectivity index (χ1v) is 8.06. The van der Waals surface area contributed by atoms with E-state index in [1.54, 1.807) is 29.2 Å². The molecule has 1 aromatic carbocycles. The molecule has 2 aliphatic rings. The van der Waals surface area contributed by atoms with Gasteiger partial charge in [-0.15, -0.1) is 0 Å². The molecule has 1 aromatic rings. The molecule has 0 spiro atoms. The number of likely N-dealkylation sites (tertiary alicyclic amines) is 1. The lowest BCUT2D eigenvalue weighted by Gasteiger charge is -2.42. The van der Waals surface area contributed by atoms with E-state index in [2.05, 4.69) is 0 Å². The molecular weight excluding hydrogens is 328 g/mol. The van der Waals surface area contributed by atoms with Crippen molar-refractivity contribution in [3.8, 4) is 5.75 Å². The van der Waals surface area contributed by atoms with E-state index < -0.39 is 0 Å². The van der Waals surface area contributed by atoms with Gasteiger partial charge in [-0.25, -0.2) is 0 Å². The summed E-state index contributed by atoms with van der Waals surface area (Å²) in [5, 5.41) is 0.376. The summed E-state index contributed by atoms with van der Waals surface area (Å²) in [6.45, 7) is 0.673. The van der Waals surface area contributed by atoms with Gasteiger partial charge in [0, 0.05) is 18.1 Å². The monoisotopic (exact) mass is 340 g/mol. The highest BCUT2D eigenvalue weighted by Crippen LogP contribution is 2.26. The molecule has 2 aliphatic heterocycles. The first-order chi connectivity index (χ1) is 10.5. The van der Waals surface area contributed by atoms with Gasteiger partial charge in [0.05, 0.1) is 11.8 Å². The number of hydrogen-bond acceptors (Lipinski definition) is 5. The second kappa shape index (κ2) is 6.18. The van der Waals surface area contributed by atoms with Crippen LogP contribution in [0.15, 0.2) is 24.3 Å². The third-order valence-corrected chi connectivity index (χ3v) is 4.63. The Morgan fingerprint density at radius 1 is 1.27 bits per heavy atom. The van der Waals surface area contributed by atoms with Crippen molar-refractivity contribution in [3.05, 3.63) is 29.3 Å². The van der Waals surface area contributed by atoms with Crippen molar-refractivity contribution in [2.45, 2.75) is 6.04 Å². The number of imide groups is 1. The predicted molar refractivity (Wildman–Crippen MR) is 82.0 cm³/mol. The molecule has 0 atom stereocenters. The van der Waals surface area contributed by atoms with Crippen molar-refractivity contribution >= 4 is 40.4 Å². The summed E-state index contributed by atoms with van der Waals surface area (Å²) >= 11 is 6.77. The summed E-state index contributed by atoms with van der Waals surface area (Å²) < 4.78 is 5.38. The fourth-order valence-corrected chi connectivity index (χ4v) is 3.21. The van der Waals surface area contributed by atoms with Crippen molar-refractivity contribution in [1.29, 1.82) is 0 Å². The fraction of sp³-hybridized carbons (Fsp3) is 0.357. The lowest BCUT2D eigenvalue weighted by Crippen LogP contribution is -2.62. The molecule has 3 amide bonds. The minimum absolute atomic E-state index is 0.0784. The second-order valence-electron chi connectivity index (χ2n) is 5.01. The molecule has 0 unspecified atom stereocenters. The molecule has 2 saturated heterocycles. The van der Waals surface area contributed by atoms with Gasteiger partial charge < -0.3 is 9.64 Å². The zero-order chi connectivity index (χ0) is 15.7. The highest BCUT2D eigenvalue weighted by Gasteiger charge is 2.43. The maximum absolute atomic E-state index is 12.0. The van der Waals surface area contributed by atoms with E-state index in [-0.39, 0.29) is 35.5 Å². The first kappa shape index (κ1) is 15.2. The summed E-state index contributed by atoms with van der Waals surface area (Å²) in [6.07, 6.45) is 0. The summed E-state index contributed by atoms with van der Waals surface area (Å²) in [5.41, 5.74) is 0. The lowest BCUT2D eigenvalue weighted by molar-refractivity contribution is -0.143. The molecule has 8 heteroatoms. The van der Waals surface area contributed by atoms with Crippen LogP contribution in [0, 0.1) is 0 Å². The summed E-state index contributed by atoms with van der Waals surface area (Å²) in [6, 6.07) is 6.54. The third kappa shape index (κ3) is 3.05. The average Bonchev–Trinajstić information content (AvgIpc) is 2.77. The van der Waals surface area contributed by atoms with Gasteiger partial charge in [0.1, 0.15) is 5.75 Å². The number of carbonyl (C=O) groups is 3. The molecule has 6 nitrogen and oxygen atoms in total. The van der Waals surface area contributed by atoms with Crippen molar-refractivity contribution in [2.24, 2.45) is 0 Å². The Morgan fingerprint density at radius 2 is 1.95 bits per heavy atom. The summed E-state index contributed by atoms with van der Waals surface area (Å²) in [4.78, 5) is 37.9. The van der Waals surface area contributed by atoms with Crippen molar-refractivity contribution in [3.63, 3.8) is 0 Å². The minimum Gasteiger partial charge on any atom is -0.484 e. The van der Waals surface area contributed by atoms with Gasteiger partial charge in [-0.2, -0.15) is 0 Å². The third-order valence-electron chi connectivity index (χ3n) is 3.54. The standard InChI is InChI=1S/C14H13ClN2O4S/c15-9-1-3-11(4-2-9)21-7-12(18)16-5-10(6-16)17-13(19)8-22-14(17)20/h1-4,10H,5-8H2. The molecule has 0 N–H and O–H groups in total. The van der Waals surface area contributed by atoms with Gasteiger partial charge in [-0.05, 0) is 24.3 Å². The molecule has 0 aliphatic carbocycles. The van der Waals surface area contributed by atoms with Gasteiger partial charge in [0.2, 0.25) is 5.91 Å². The number of ether oxygens (including phenoxy) is 1. The Morgan fingerprint density at radius 3 is 2.55 bits per heavy atom. The number of benzene rings is 1. The molecule has 2 fully saturated rings. The van der Waals surface area contributed by atoms with E-state index in [1.807, 2.05) is 0 Å².